The van der Waals surface area contributed by atoms with Gasteiger partial charge < -0.3 is 30.3 Å². The highest BCUT2D eigenvalue weighted by atomic mass is 35.5. The molecule has 6 atom stereocenters. The summed E-state index contributed by atoms with van der Waals surface area (Å²) in [5, 5.41) is 8.65. The molecule has 1 unspecified atom stereocenters. The average Bonchev–Trinajstić information content (AvgIpc) is 3.62. The summed E-state index contributed by atoms with van der Waals surface area (Å²) in [7, 11) is 0. The Kier molecular flexibility index (Phi) is 9.28. The van der Waals surface area contributed by atoms with Gasteiger partial charge in [0.1, 0.15) is 18.1 Å². The van der Waals surface area contributed by atoms with E-state index in [0.717, 1.165) is 12.8 Å². The Morgan fingerprint density at radius 1 is 1.17 bits per heavy atom. The van der Waals surface area contributed by atoms with E-state index in [1.165, 1.54) is 12.1 Å². The van der Waals surface area contributed by atoms with Crippen LogP contribution >= 0.6 is 11.6 Å². The number of carbonyl (C=O) groups excluding carboxylic acids is 5. The van der Waals surface area contributed by atoms with Crippen molar-refractivity contribution in [1.29, 1.82) is 0 Å². The van der Waals surface area contributed by atoms with Gasteiger partial charge in [0.2, 0.25) is 24.0 Å². The maximum atomic E-state index is 14.1. The maximum absolute atomic E-state index is 14.1. The van der Waals surface area contributed by atoms with Crippen molar-refractivity contribution in [2.45, 2.75) is 97.2 Å². The van der Waals surface area contributed by atoms with Crippen LogP contribution in [0.2, 0.25) is 5.02 Å². The van der Waals surface area contributed by atoms with Crippen LogP contribution in [0.5, 0.6) is 0 Å². The zero-order valence-electron chi connectivity index (χ0n) is 24.1. The minimum absolute atomic E-state index is 0.00465. The molecule has 4 amide bonds. The van der Waals surface area contributed by atoms with Gasteiger partial charge >= 0.3 is 5.97 Å². The quantitative estimate of drug-likeness (QED) is 0.375. The molecular formula is C29H39ClN4O7. The molecule has 0 radical (unpaired) electrons. The Morgan fingerprint density at radius 2 is 1.90 bits per heavy atom. The fraction of sp³-hybridized carbons (Fsp3) is 0.621. The first-order valence-corrected chi connectivity index (χ1v) is 14.6. The van der Waals surface area contributed by atoms with E-state index in [9.17, 15) is 24.0 Å². The lowest BCUT2D eigenvalue weighted by molar-refractivity contribution is -0.165. The largest absolute Gasteiger partial charge is 0.433 e. The second-order valence-electron chi connectivity index (χ2n) is 11.9. The minimum Gasteiger partial charge on any atom is -0.433 e. The number of carbonyl (C=O) groups is 5. The molecule has 1 aromatic rings. The molecular weight excluding hydrogens is 552 g/mol. The number of amides is 4. The van der Waals surface area contributed by atoms with Gasteiger partial charge in [-0.1, -0.05) is 39.3 Å². The van der Waals surface area contributed by atoms with Crippen LogP contribution in [-0.2, 0) is 28.7 Å². The van der Waals surface area contributed by atoms with Gasteiger partial charge in [0.05, 0.1) is 17.1 Å². The summed E-state index contributed by atoms with van der Waals surface area (Å²) in [6, 6.07) is 2.10. The highest BCUT2D eigenvalue weighted by Crippen LogP contribution is 2.44. The number of nitrogens with zero attached hydrogens (tertiary/aromatic N) is 1. The van der Waals surface area contributed by atoms with Crippen molar-refractivity contribution >= 4 is 46.9 Å². The van der Waals surface area contributed by atoms with Crippen molar-refractivity contribution in [2.24, 2.45) is 11.3 Å². The van der Waals surface area contributed by atoms with E-state index >= 15 is 0 Å². The van der Waals surface area contributed by atoms with Gasteiger partial charge in [-0.3, -0.25) is 24.0 Å². The van der Waals surface area contributed by atoms with Crippen LogP contribution in [0.3, 0.4) is 0 Å². The van der Waals surface area contributed by atoms with Crippen molar-refractivity contribution in [1.82, 2.24) is 15.5 Å². The van der Waals surface area contributed by atoms with Crippen LogP contribution < -0.4 is 16.0 Å². The van der Waals surface area contributed by atoms with E-state index in [4.69, 9.17) is 21.1 Å². The summed E-state index contributed by atoms with van der Waals surface area (Å²) < 4.78 is 10.7. The first-order chi connectivity index (χ1) is 19.3. The van der Waals surface area contributed by atoms with Crippen molar-refractivity contribution in [3.8, 4) is 0 Å². The lowest BCUT2D eigenvalue weighted by Crippen LogP contribution is -2.62. The van der Waals surface area contributed by atoms with Gasteiger partial charge in [-0.2, -0.15) is 0 Å². The molecule has 3 fully saturated rings. The Hall–Kier alpha value is -3.18. The number of nitrogens with one attached hydrogen (secondary N) is 3. The Labute approximate surface area is 245 Å². The van der Waals surface area contributed by atoms with Gasteiger partial charge in [0.25, 0.3) is 5.91 Å². The van der Waals surface area contributed by atoms with E-state index in [0.29, 0.717) is 18.7 Å². The first-order valence-electron chi connectivity index (χ1n) is 14.2. The summed E-state index contributed by atoms with van der Waals surface area (Å²) in [6.07, 6.45) is 1.70. The number of halogens is 1. The van der Waals surface area contributed by atoms with Gasteiger partial charge in [-0.05, 0) is 55.7 Å². The van der Waals surface area contributed by atoms with Gasteiger partial charge in [0, 0.05) is 24.6 Å². The lowest BCUT2D eigenvalue weighted by Gasteiger charge is -2.40. The molecule has 41 heavy (non-hydrogen) atoms. The summed E-state index contributed by atoms with van der Waals surface area (Å²) in [5.41, 5.74) is -0.0572. The van der Waals surface area contributed by atoms with Crippen LogP contribution in [0.15, 0.2) is 18.2 Å². The summed E-state index contributed by atoms with van der Waals surface area (Å²) >= 11 is 6.32. The van der Waals surface area contributed by atoms with Crippen molar-refractivity contribution < 1.29 is 33.4 Å². The average molecular weight is 591 g/mol. The third-order valence-corrected chi connectivity index (χ3v) is 8.26. The molecule has 1 aromatic carbocycles. The van der Waals surface area contributed by atoms with Crippen LogP contribution in [-0.4, -0.2) is 71.6 Å². The Bertz CT molecular complexity index is 1220. The smallest absolute Gasteiger partial charge is 0.310 e. The minimum atomic E-state index is -0.935. The molecule has 0 spiro atoms. The second kappa shape index (κ2) is 12.4. The normalized spacial score (nSPS) is 26.0. The van der Waals surface area contributed by atoms with Crippen LogP contribution in [0.25, 0.3) is 0 Å². The number of benzene rings is 1. The van der Waals surface area contributed by atoms with E-state index < -0.39 is 41.7 Å². The number of anilines is 1. The van der Waals surface area contributed by atoms with Gasteiger partial charge in [-0.15, -0.1) is 0 Å². The number of hydrogen-bond acceptors (Lipinski definition) is 7. The van der Waals surface area contributed by atoms with Crippen LogP contribution in [0, 0.1) is 11.3 Å². The lowest BCUT2D eigenvalue weighted by atomic mass is 9.84. The number of esters is 1. The molecule has 4 rings (SSSR count). The fourth-order valence-electron chi connectivity index (χ4n) is 5.89. The monoisotopic (exact) mass is 590 g/mol. The number of ether oxygens (including phenoxy) is 2. The fourth-order valence-corrected chi connectivity index (χ4v) is 6.12. The predicted octanol–water partition coefficient (Wildman–Crippen LogP) is 3.01. The number of piperidine rings is 1. The molecule has 12 heteroatoms. The third-order valence-electron chi connectivity index (χ3n) is 7.94. The molecule has 2 saturated heterocycles. The Balaban J connectivity index is 1.52. The molecule has 1 aliphatic carbocycles. The summed E-state index contributed by atoms with van der Waals surface area (Å²) in [5.74, 6) is -1.87. The molecule has 11 nitrogen and oxygen atoms in total. The molecule has 1 saturated carbocycles. The summed E-state index contributed by atoms with van der Waals surface area (Å²) in [6.45, 7) is 9.36. The molecule has 3 N–H and O–H groups in total. The van der Waals surface area contributed by atoms with Crippen molar-refractivity contribution in [3.05, 3.63) is 28.8 Å². The maximum Gasteiger partial charge on any atom is 0.310 e. The van der Waals surface area contributed by atoms with Crippen LogP contribution in [0.4, 0.5) is 5.69 Å². The Morgan fingerprint density at radius 3 is 2.54 bits per heavy atom. The third kappa shape index (κ3) is 6.67. The van der Waals surface area contributed by atoms with E-state index in [2.05, 4.69) is 16.0 Å². The molecule has 224 valence electrons. The topological polar surface area (TPSA) is 143 Å². The number of likely N-dealkylation sites (tertiary alicyclic amines) is 1. The number of rotatable bonds is 9. The van der Waals surface area contributed by atoms with E-state index in [-0.39, 0.29) is 53.1 Å². The van der Waals surface area contributed by atoms with Crippen molar-refractivity contribution in [3.63, 3.8) is 0 Å². The predicted molar refractivity (Wildman–Crippen MR) is 151 cm³/mol. The molecule has 2 aliphatic heterocycles. The van der Waals surface area contributed by atoms with Crippen LogP contribution in [0.1, 0.15) is 77.1 Å². The molecule has 0 aromatic heterocycles. The SMILES string of the molecule is CCO[C@@H]1OC(=O)C[C@@H]1NC(=O)[C@@H]1[C@H]2CCC(C2)N1C(=O)[C@@H](NC(=O)c1ccc(NC(=O)CC)c(Cl)c1)C(C)(C)C. The van der Waals surface area contributed by atoms with E-state index in [1.807, 2.05) is 20.8 Å². The zero-order valence-corrected chi connectivity index (χ0v) is 24.9. The highest BCUT2D eigenvalue weighted by Gasteiger charge is 2.54. The second-order valence-corrected chi connectivity index (χ2v) is 12.3. The number of fused-ring (bicyclic) bond motifs is 2. The first kappa shape index (κ1) is 30.8. The highest BCUT2D eigenvalue weighted by molar-refractivity contribution is 6.34. The molecule has 2 bridgehead atoms. The molecule has 3 aliphatic rings. The van der Waals surface area contributed by atoms with Gasteiger partial charge in [0.15, 0.2) is 0 Å². The standard InChI is InChI=1S/C29H39ClN4O7/c1-6-21(35)31-19-11-9-16(13-18(19)30)25(37)33-24(29(3,4)5)27(39)34-17-10-8-15(12-17)23(34)26(38)32-20-14-22(36)41-28(20)40-7-2/h9,11,13,15,17,20,23-24,28H,6-8,10,12,14H2,1-5H3,(H,31,35)(H,32,38)(H,33,37)/t15-,17?,20-,23-,24+,28+/m0/s1. The van der Waals surface area contributed by atoms with E-state index in [1.54, 1.807) is 24.8 Å². The van der Waals surface area contributed by atoms with Crippen molar-refractivity contribution in [2.75, 3.05) is 11.9 Å². The molecule has 2 heterocycles. The number of hydrogen-bond donors (Lipinski definition) is 3. The number of cyclic esters (lactones) is 1. The zero-order chi connectivity index (χ0) is 30.1. The summed E-state index contributed by atoms with van der Waals surface area (Å²) in [4.78, 5) is 66.3. The van der Waals surface area contributed by atoms with Gasteiger partial charge in [-0.25, -0.2) is 0 Å².